The fourth-order valence-electron chi connectivity index (χ4n) is 2.26. The highest BCUT2D eigenvalue weighted by Gasteiger charge is 2.24. The Hall–Kier alpha value is -1.71. The Balaban J connectivity index is 2.66. The van der Waals surface area contributed by atoms with Gasteiger partial charge in [-0.2, -0.15) is 0 Å². The van der Waals surface area contributed by atoms with Crippen LogP contribution in [0.3, 0.4) is 0 Å². The molecule has 0 fully saturated rings. The Morgan fingerprint density at radius 1 is 1.18 bits per heavy atom. The quantitative estimate of drug-likeness (QED) is 0.801. The second kappa shape index (κ2) is 4.65. The van der Waals surface area contributed by atoms with Crippen LogP contribution in [0.1, 0.15) is 35.2 Å². The van der Waals surface area contributed by atoms with Crippen LogP contribution in [0.25, 0.3) is 0 Å². The van der Waals surface area contributed by atoms with Crippen LogP contribution in [-0.4, -0.2) is 25.1 Å². The van der Waals surface area contributed by atoms with E-state index in [1.54, 1.807) is 6.07 Å². The Morgan fingerprint density at radius 2 is 1.88 bits per heavy atom. The molecule has 1 aromatic carbocycles. The summed E-state index contributed by atoms with van der Waals surface area (Å²) < 4.78 is 10.3. The highest BCUT2D eigenvalue weighted by atomic mass is 16.5. The zero-order valence-corrected chi connectivity index (χ0v) is 10.1. The van der Waals surface area contributed by atoms with Gasteiger partial charge in [-0.05, 0) is 25.3 Å². The molecule has 0 heterocycles. The molecule has 4 nitrogen and oxygen atoms in total. The summed E-state index contributed by atoms with van der Waals surface area (Å²) in [6.45, 7) is 0. The lowest BCUT2D eigenvalue weighted by Crippen LogP contribution is -2.04. The highest BCUT2D eigenvalue weighted by molar-refractivity contribution is 5.99. The number of ketones is 1. The molecular formula is C13H16O4. The smallest absolute Gasteiger partial charge is 0.201 e. The number of benzene rings is 1. The van der Waals surface area contributed by atoms with Crippen molar-refractivity contribution in [3.63, 3.8) is 0 Å². The maximum Gasteiger partial charge on any atom is 0.201 e. The van der Waals surface area contributed by atoms with Gasteiger partial charge < -0.3 is 14.6 Å². The molecule has 1 N–H and O–H groups in total. The number of rotatable bonds is 2. The fraction of sp³-hybridized carbons (Fsp3) is 0.462. The zero-order chi connectivity index (χ0) is 12.4. The molecule has 17 heavy (non-hydrogen) atoms. The van der Waals surface area contributed by atoms with Crippen molar-refractivity contribution in [3.8, 4) is 17.2 Å². The fourth-order valence-corrected chi connectivity index (χ4v) is 2.26. The first kappa shape index (κ1) is 11.8. The molecule has 0 spiro atoms. The molecule has 0 amide bonds. The van der Waals surface area contributed by atoms with Crippen molar-refractivity contribution in [2.45, 2.75) is 25.7 Å². The van der Waals surface area contributed by atoms with Crippen molar-refractivity contribution >= 4 is 5.78 Å². The predicted molar refractivity (Wildman–Crippen MR) is 63.1 cm³/mol. The van der Waals surface area contributed by atoms with Gasteiger partial charge in [0.05, 0.1) is 14.2 Å². The van der Waals surface area contributed by atoms with Gasteiger partial charge in [0.1, 0.15) is 0 Å². The molecule has 0 saturated heterocycles. The van der Waals surface area contributed by atoms with Crippen LogP contribution in [-0.2, 0) is 6.42 Å². The molecule has 92 valence electrons. The second-order valence-electron chi connectivity index (χ2n) is 4.12. The first-order valence-corrected chi connectivity index (χ1v) is 5.69. The van der Waals surface area contributed by atoms with E-state index in [0.717, 1.165) is 24.8 Å². The number of aromatic hydroxyl groups is 1. The zero-order valence-electron chi connectivity index (χ0n) is 10.1. The lowest BCUT2D eigenvalue weighted by molar-refractivity contribution is 0.0981. The molecule has 4 heteroatoms. The Kier molecular flexibility index (Phi) is 3.22. The lowest BCUT2D eigenvalue weighted by atomic mass is 10.00. The number of carbonyl (C=O) groups excluding carboxylic acids is 1. The van der Waals surface area contributed by atoms with Crippen LogP contribution in [0.15, 0.2) is 6.07 Å². The molecule has 1 aliphatic rings. The minimum atomic E-state index is -0.0246. The van der Waals surface area contributed by atoms with Gasteiger partial charge in [-0.1, -0.05) is 0 Å². The number of Topliss-reactive ketones (excluding diaryl/α,β-unsaturated/α-hetero) is 1. The van der Waals surface area contributed by atoms with Crippen molar-refractivity contribution in [2.75, 3.05) is 14.2 Å². The monoisotopic (exact) mass is 236 g/mol. The number of ether oxygens (including phenoxy) is 2. The average molecular weight is 236 g/mol. The molecule has 0 unspecified atom stereocenters. The molecule has 0 radical (unpaired) electrons. The van der Waals surface area contributed by atoms with Gasteiger partial charge in [0.2, 0.25) is 5.75 Å². The van der Waals surface area contributed by atoms with Crippen LogP contribution in [0.4, 0.5) is 0 Å². The van der Waals surface area contributed by atoms with E-state index >= 15 is 0 Å². The molecule has 2 rings (SSSR count). The van der Waals surface area contributed by atoms with E-state index in [1.165, 1.54) is 14.2 Å². The van der Waals surface area contributed by atoms with E-state index in [0.29, 0.717) is 17.7 Å². The minimum absolute atomic E-state index is 0.0246. The summed E-state index contributed by atoms with van der Waals surface area (Å²) in [5.41, 5.74) is 1.42. The normalized spacial score (nSPS) is 15.1. The molecule has 0 bridgehead atoms. The van der Waals surface area contributed by atoms with Crippen molar-refractivity contribution in [3.05, 3.63) is 17.2 Å². The Bertz CT molecular complexity index is 451. The second-order valence-corrected chi connectivity index (χ2v) is 4.12. The molecule has 0 aliphatic heterocycles. The SMILES string of the molecule is COc1cc2c(c(OC)c1O)CCCCC2=O. The van der Waals surface area contributed by atoms with E-state index in [2.05, 4.69) is 0 Å². The van der Waals surface area contributed by atoms with Gasteiger partial charge in [0.15, 0.2) is 17.3 Å². The van der Waals surface area contributed by atoms with Gasteiger partial charge in [-0.15, -0.1) is 0 Å². The van der Waals surface area contributed by atoms with E-state index < -0.39 is 0 Å². The standard InChI is InChI=1S/C13H16O4/c1-16-11-7-9-8(13(17-2)12(11)15)5-3-4-6-10(9)14/h7,15H,3-6H2,1-2H3. The summed E-state index contributed by atoms with van der Waals surface area (Å²) in [6.07, 6.45) is 3.10. The lowest BCUT2D eigenvalue weighted by Gasteiger charge is -2.15. The Morgan fingerprint density at radius 3 is 2.53 bits per heavy atom. The minimum Gasteiger partial charge on any atom is -0.502 e. The third-order valence-electron chi connectivity index (χ3n) is 3.13. The number of carbonyl (C=O) groups is 1. The summed E-state index contributed by atoms with van der Waals surface area (Å²) in [6, 6.07) is 1.61. The van der Waals surface area contributed by atoms with E-state index in [4.69, 9.17) is 9.47 Å². The molecular weight excluding hydrogens is 220 g/mol. The third-order valence-corrected chi connectivity index (χ3v) is 3.13. The summed E-state index contributed by atoms with van der Waals surface area (Å²) >= 11 is 0. The van der Waals surface area contributed by atoms with Gasteiger partial charge in [0, 0.05) is 17.5 Å². The first-order valence-electron chi connectivity index (χ1n) is 5.69. The predicted octanol–water partition coefficient (Wildman–Crippen LogP) is 2.32. The maximum atomic E-state index is 12.0. The maximum absolute atomic E-state index is 12.0. The molecule has 0 aromatic heterocycles. The van der Waals surface area contributed by atoms with Crippen molar-refractivity contribution in [1.82, 2.24) is 0 Å². The number of phenols is 1. The molecule has 0 saturated carbocycles. The summed E-state index contributed by atoms with van der Waals surface area (Å²) in [4.78, 5) is 12.0. The highest BCUT2D eigenvalue weighted by Crippen LogP contribution is 2.42. The van der Waals surface area contributed by atoms with E-state index in [-0.39, 0.29) is 17.3 Å². The average Bonchev–Trinajstić information content (AvgIpc) is 2.51. The summed E-state index contributed by atoms with van der Waals surface area (Å²) in [5, 5.41) is 9.96. The van der Waals surface area contributed by atoms with Gasteiger partial charge in [-0.3, -0.25) is 4.79 Å². The Labute approximate surface area is 100 Å². The van der Waals surface area contributed by atoms with Crippen LogP contribution in [0, 0.1) is 0 Å². The molecule has 0 atom stereocenters. The van der Waals surface area contributed by atoms with E-state index in [1.807, 2.05) is 0 Å². The summed E-state index contributed by atoms with van der Waals surface area (Å²) in [5.74, 6) is 0.725. The van der Waals surface area contributed by atoms with Crippen LogP contribution < -0.4 is 9.47 Å². The molecule has 1 aromatic rings. The van der Waals surface area contributed by atoms with Gasteiger partial charge in [-0.25, -0.2) is 0 Å². The van der Waals surface area contributed by atoms with Gasteiger partial charge >= 0.3 is 0 Å². The molecule has 1 aliphatic carbocycles. The largest absolute Gasteiger partial charge is 0.502 e. The number of phenolic OH excluding ortho intramolecular Hbond substituents is 1. The van der Waals surface area contributed by atoms with Crippen molar-refractivity contribution in [2.24, 2.45) is 0 Å². The summed E-state index contributed by atoms with van der Waals surface area (Å²) in [7, 11) is 2.95. The van der Waals surface area contributed by atoms with Crippen molar-refractivity contribution < 1.29 is 19.4 Å². The van der Waals surface area contributed by atoms with Gasteiger partial charge in [0.25, 0.3) is 0 Å². The van der Waals surface area contributed by atoms with Crippen LogP contribution in [0.5, 0.6) is 17.2 Å². The van der Waals surface area contributed by atoms with Crippen molar-refractivity contribution in [1.29, 1.82) is 0 Å². The number of hydrogen-bond donors (Lipinski definition) is 1. The number of hydrogen-bond acceptors (Lipinski definition) is 4. The first-order chi connectivity index (χ1) is 8.19. The number of fused-ring (bicyclic) bond motifs is 1. The van der Waals surface area contributed by atoms with Crippen LogP contribution >= 0.6 is 0 Å². The van der Waals surface area contributed by atoms with Crippen LogP contribution in [0.2, 0.25) is 0 Å². The van der Waals surface area contributed by atoms with E-state index in [9.17, 15) is 9.90 Å². The third kappa shape index (κ3) is 1.95. The number of methoxy groups -OCH3 is 2. The topological polar surface area (TPSA) is 55.8 Å².